The summed E-state index contributed by atoms with van der Waals surface area (Å²) in [5, 5.41) is 11.0. The van der Waals surface area contributed by atoms with Crippen molar-refractivity contribution >= 4 is 29.5 Å². The molecule has 1 saturated heterocycles. The fourth-order valence-electron chi connectivity index (χ4n) is 11.0. The SMILES string of the molecule is CC[C@H](C)[C@@H](C(CC(=O)N1CCC[C@H]1[C@H](OC)[C@@H](C)C(=O)C[C@H](C)[C@@H](O)c1ccccc1)OC)N(C)C(=O)[C@@H](CC(=O)[C@H](C(C)C)N(C)C(=O)OCC1c2ccccc2-c2ccccc21)C(C)C. The van der Waals surface area contributed by atoms with Gasteiger partial charge in [-0.3, -0.25) is 19.2 Å². The summed E-state index contributed by atoms with van der Waals surface area (Å²) >= 11 is 0. The van der Waals surface area contributed by atoms with E-state index in [4.69, 9.17) is 14.2 Å². The van der Waals surface area contributed by atoms with Crippen LogP contribution < -0.4 is 0 Å². The summed E-state index contributed by atoms with van der Waals surface area (Å²) in [7, 11) is 6.47. The Morgan fingerprint density at radius 1 is 0.721 bits per heavy atom. The van der Waals surface area contributed by atoms with Gasteiger partial charge in [-0.25, -0.2) is 4.79 Å². The van der Waals surface area contributed by atoms with Gasteiger partial charge in [0.2, 0.25) is 11.8 Å². The van der Waals surface area contributed by atoms with Gasteiger partial charge in [0.05, 0.1) is 42.9 Å². The van der Waals surface area contributed by atoms with Crippen LogP contribution >= 0.6 is 0 Å². The molecule has 0 bridgehead atoms. The Morgan fingerprint density at radius 3 is 1.85 bits per heavy atom. The number of aliphatic hydroxyl groups is 1. The third kappa shape index (κ3) is 12.3. The molecule has 0 aromatic heterocycles. The average Bonchev–Trinajstić information content (AvgIpc) is 3.95. The number of ether oxygens (including phenoxy) is 3. The Balaban J connectivity index is 1.25. The summed E-state index contributed by atoms with van der Waals surface area (Å²) in [5.74, 6) is -2.84. The molecule has 10 atom stereocenters. The fourth-order valence-corrected chi connectivity index (χ4v) is 11.0. The monoisotopic (exact) mass is 938 g/mol. The maximum atomic E-state index is 14.8. The van der Waals surface area contributed by atoms with Gasteiger partial charge < -0.3 is 34.0 Å². The largest absolute Gasteiger partial charge is 0.448 e. The first-order valence-electron chi connectivity index (χ1n) is 24.9. The van der Waals surface area contributed by atoms with Crippen LogP contribution in [-0.2, 0) is 33.4 Å². The number of rotatable bonds is 24. The Bertz CT molecular complexity index is 2120. The summed E-state index contributed by atoms with van der Waals surface area (Å²) in [6.45, 7) is 16.1. The van der Waals surface area contributed by atoms with Crippen molar-refractivity contribution in [3.8, 4) is 11.1 Å². The Morgan fingerprint density at radius 2 is 1.31 bits per heavy atom. The molecule has 1 aliphatic carbocycles. The van der Waals surface area contributed by atoms with Crippen LogP contribution in [0.3, 0.4) is 0 Å². The highest BCUT2D eigenvalue weighted by atomic mass is 16.6. The third-order valence-electron chi connectivity index (χ3n) is 15.1. The number of hydrogen-bond donors (Lipinski definition) is 1. The van der Waals surface area contributed by atoms with E-state index in [1.54, 1.807) is 33.2 Å². The van der Waals surface area contributed by atoms with E-state index in [1.165, 1.54) is 4.90 Å². The lowest BCUT2D eigenvalue weighted by molar-refractivity contribution is -0.149. The molecule has 12 nitrogen and oxygen atoms in total. The number of benzene rings is 3. The molecule has 5 rings (SSSR count). The zero-order valence-corrected chi connectivity index (χ0v) is 42.7. The number of likely N-dealkylation sites (N-methyl/N-ethyl adjacent to an activating group) is 2. The summed E-state index contributed by atoms with van der Waals surface area (Å²) < 4.78 is 18.1. The van der Waals surface area contributed by atoms with Gasteiger partial charge in [0.15, 0.2) is 5.78 Å². The summed E-state index contributed by atoms with van der Waals surface area (Å²) in [4.78, 5) is 76.0. The van der Waals surface area contributed by atoms with Crippen molar-refractivity contribution < 1.29 is 43.3 Å². The maximum Gasteiger partial charge on any atom is 0.410 e. The van der Waals surface area contributed by atoms with E-state index >= 15 is 0 Å². The first-order chi connectivity index (χ1) is 32.4. The second-order valence-electron chi connectivity index (χ2n) is 20.2. The molecule has 3 amide bonds. The van der Waals surface area contributed by atoms with Crippen molar-refractivity contribution in [1.82, 2.24) is 14.7 Å². The van der Waals surface area contributed by atoms with E-state index in [0.717, 1.165) is 34.2 Å². The van der Waals surface area contributed by atoms with Crippen LogP contribution in [0.15, 0.2) is 78.9 Å². The van der Waals surface area contributed by atoms with Crippen LogP contribution in [0.25, 0.3) is 11.1 Å². The van der Waals surface area contributed by atoms with E-state index in [9.17, 15) is 29.1 Å². The zero-order valence-electron chi connectivity index (χ0n) is 42.7. The lowest BCUT2D eigenvalue weighted by Gasteiger charge is -2.41. The standard InChI is InChI=1S/C56H79N3O9/c1-13-36(6)52(49(66-11)32-50(62)59-29-21-28-46(59)54(67-12)38(8)47(60)30-37(7)53(63)39-22-15-14-16-23-39)57(9)55(64)44(34(2)3)31-48(61)51(35(4)5)58(10)56(65)68-33-45-42-26-19-17-24-40(42)41-25-18-20-27-43(41)45/h14-20,22-27,34-38,44-46,49,51-54,63H,13,21,28-33H2,1-12H3/t36-,37-,38-,44-,46-,49?,51-,52-,53+,54+/m0/s1. The minimum Gasteiger partial charge on any atom is -0.448 e. The number of Topliss-reactive ketones (excluding diaryl/α,β-unsaturated/α-hetero) is 2. The number of amides is 3. The van der Waals surface area contributed by atoms with E-state index in [0.29, 0.717) is 19.4 Å². The molecule has 1 unspecified atom stereocenters. The predicted octanol–water partition coefficient (Wildman–Crippen LogP) is 9.37. The number of aliphatic hydroxyl groups excluding tert-OH is 1. The molecule has 12 heteroatoms. The number of carbonyl (C=O) groups is 5. The number of ketones is 2. The topological polar surface area (TPSA) is 143 Å². The van der Waals surface area contributed by atoms with Crippen LogP contribution in [0, 0.1) is 35.5 Å². The predicted molar refractivity (Wildman–Crippen MR) is 266 cm³/mol. The van der Waals surface area contributed by atoms with Crippen LogP contribution in [-0.4, -0.2) is 121 Å². The molecular weight excluding hydrogens is 859 g/mol. The molecule has 3 aromatic carbocycles. The van der Waals surface area contributed by atoms with Gasteiger partial charge in [-0.2, -0.15) is 0 Å². The molecular formula is C56H79N3O9. The molecule has 0 radical (unpaired) electrons. The van der Waals surface area contributed by atoms with E-state index < -0.39 is 48.3 Å². The fraction of sp³-hybridized carbons (Fsp3) is 0.589. The molecule has 1 heterocycles. The lowest BCUT2D eigenvalue weighted by atomic mass is 9.83. The van der Waals surface area contributed by atoms with Crippen LogP contribution in [0.1, 0.15) is 123 Å². The Labute approximate surface area is 406 Å². The molecule has 1 fully saturated rings. The van der Waals surface area contributed by atoms with Crippen LogP contribution in [0.4, 0.5) is 4.79 Å². The number of carbonyl (C=O) groups excluding carboxylic acids is 5. The Kier molecular flexibility index (Phi) is 19.5. The third-order valence-corrected chi connectivity index (χ3v) is 15.1. The van der Waals surface area contributed by atoms with Crippen molar-refractivity contribution in [3.05, 3.63) is 95.6 Å². The van der Waals surface area contributed by atoms with E-state index in [1.807, 2.05) is 115 Å². The Hall–Kier alpha value is -4.91. The zero-order chi connectivity index (χ0) is 50.0. The summed E-state index contributed by atoms with van der Waals surface area (Å²) in [6, 6.07) is 23.9. The minimum absolute atomic E-state index is 0.00429. The molecule has 1 aliphatic heterocycles. The van der Waals surface area contributed by atoms with Crippen molar-refractivity contribution in [2.75, 3.05) is 41.5 Å². The highest BCUT2D eigenvalue weighted by Crippen LogP contribution is 2.44. The first-order valence-corrected chi connectivity index (χ1v) is 24.9. The van der Waals surface area contributed by atoms with Crippen molar-refractivity contribution in [2.45, 2.75) is 136 Å². The molecule has 372 valence electrons. The van der Waals surface area contributed by atoms with Gasteiger partial charge in [-0.1, -0.05) is 141 Å². The number of hydrogen-bond acceptors (Lipinski definition) is 9. The quantitative estimate of drug-likeness (QED) is 0.0930. The number of fused-ring (bicyclic) bond motifs is 3. The second-order valence-corrected chi connectivity index (χ2v) is 20.2. The molecule has 0 spiro atoms. The number of likely N-dealkylation sites (tertiary alicyclic amines) is 1. The van der Waals surface area contributed by atoms with Crippen molar-refractivity contribution in [1.29, 1.82) is 0 Å². The molecule has 0 saturated carbocycles. The smallest absolute Gasteiger partial charge is 0.410 e. The van der Waals surface area contributed by atoms with Gasteiger partial charge in [0.1, 0.15) is 12.4 Å². The average molecular weight is 938 g/mol. The van der Waals surface area contributed by atoms with Crippen molar-refractivity contribution in [2.24, 2.45) is 35.5 Å². The van der Waals surface area contributed by atoms with Gasteiger partial charge in [0.25, 0.3) is 0 Å². The van der Waals surface area contributed by atoms with Gasteiger partial charge >= 0.3 is 6.09 Å². The number of nitrogens with zero attached hydrogens (tertiary/aromatic N) is 3. The minimum atomic E-state index is -0.827. The summed E-state index contributed by atoms with van der Waals surface area (Å²) in [5.41, 5.74) is 5.20. The first kappa shape index (κ1) is 54.0. The number of methoxy groups -OCH3 is 2. The second kappa shape index (κ2) is 24.6. The molecule has 3 aromatic rings. The molecule has 2 aliphatic rings. The van der Waals surface area contributed by atoms with E-state index in [2.05, 4.69) is 24.3 Å². The maximum absolute atomic E-state index is 14.8. The molecule has 68 heavy (non-hydrogen) atoms. The van der Waals surface area contributed by atoms with Crippen molar-refractivity contribution in [3.63, 3.8) is 0 Å². The highest BCUT2D eigenvalue weighted by Gasteiger charge is 2.44. The van der Waals surface area contributed by atoms with E-state index in [-0.39, 0.29) is 84.9 Å². The van der Waals surface area contributed by atoms with Crippen LogP contribution in [0.2, 0.25) is 0 Å². The highest BCUT2D eigenvalue weighted by molar-refractivity contribution is 5.92. The molecule has 1 N–H and O–H groups in total. The van der Waals surface area contributed by atoms with Gasteiger partial charge in [-0.15, -0.1) is 0 Å². The normalized spacial score (nSPS) is 18.7. The van der Waals surface area contributed by atoms with Gasteiger partial charge in [0, 0.05) is 65.5 Å². The summed E-state index contributed by atoms with van der Waals surface area (Å²) in [6.07, 6.45) is -0.381. The lowest BCUT2D eigenvalue weighted by Crippen LogP contribution is -2.54. The van der Waals surface area contributed by atoms with Gasteiger partial charge in [-0.05, 0) is 64.3 Å². The van der Waals surface area contributed by atoms with Crippen LogP contribution in [0.5, 0.6) is 0 Å².